The van der Waals surface area contributed by atoms with Crippen molar-refractivity contribution in [3.8, 4) is 5.75 Å². The van der Waals surface area contributed by atoms with E-state index >= 15 is 0 Å². The van der Waals surface area contributed by atoms with Crippen LogP contribution in [0.15, 0.2) is 38.2 Å². The van der Waals surface area contributed by atoms with Gasteiger partial charge in [0.05, 0.1) is 12.4 Å². The van der Waals surface area contributed by atoms with Gasteiger partial charge in [0.1, 0.15) is 17.1 Å². The van der Waals surface area contributed by atoms with Crippen LogP contribution < -0.4 is 27.0 Å². The van der Waals surface area contributed by atoms with E-state index in [4.69, 9.17) is 10.5 Å². The fourth-order valence-electron chi connectivity index (χ4n) is 2.63. The zero-order valence-electron chi connectivity index (χ0n) is 16.7. The van der Waals surface area contributed by atoms with E-state index in [1.54, 1.807) is 14.0 Å². The number of ketones is 1. The summed E-state index contributed by atoms with van der Waals surface area (Å²) in [7, 11) is 4.30. The second-order valence-electron chi connectivity index (χ2n) is 6.32. The molecule has 2 aromatic heterocycles. The van der Waals surface area contributed by atoms with E-state index < -0.39 is 22.3 Å². The maximum Gasteiger partial charge on any atom is 0.332 e. The SMILES string of the molecule is COc1cccc(Nc2nnc(SC(C)C(=O)c3c(N)n(C)c(=O)n(C)c3=O)s2)c1. The maximum absolute atomic E-state index is 12.9. The van der Waals surface area contributed by atoms with Crippen LogP contribution in [0.2, 0.25) is 0 Å². The maximum atomic E-state index is 12.9. The fourth-order valence-corrected chi connectivity index (χ4v) is 4.61. The van der Waals surface area contributed by atoms with Crippen LogP contribution in [0.4, 0.5) is 16.6 Å². The smallest absolute Gasteiger partial charge is 0.332 e. The molecule has 1 aromatic carbocycles. The van der Waals surface area contributed by atoms with Gasteiger partial charge < -0.3 is 15.8 Å². The van der Waals surface area contributed by atoms with Crippen LogP contribution in [0.3, 0.4) is 0 Å². The first kappa shape index (κ1) is 21.6. The molecule has 0 bridgehead atoms. The van der Waals surface area contributed by atoms with Crippen LogP contribution in [-0.2, 0) is 14.1 Å². The summed E-state index contributed by atoms with van der Waals surface area (Å²) in [6, 6.07) is 7.35. The van der Waals surface area contributed by atoms with E-state index in [9.17, 15) is 14.4 Å². The Morgan fingerprint density at radius 3 is 2.70 bits per heavy atom. The quantitative estimate of drug-likeness (QED) is 0.408. The monoisotopic (exact) mass is 448 g/mol. The summed E-state index contributed by atoms with van der Waals surface area (Å²) < 4.78 is 7.67. The molecule has 158 valence electrons. The van der Waals surface area contributed by atoms with Crippen molar-refractivity contribution >= 4 is 45.5 Å². The number of carbonyl (C=O) groups is 1. The van der Waals surface area contributed by atoms with Gasteiger partial charge in [-0.05, 0) is 19.1 Å². The molecule has 0 aliphatic rings. The summed E-state index contributed by atoms with van der Waals surface area (Å²) in [6.45, 7) is 1.65. The number of benzene rings is 1. The molecule has 3 N–H and O–H groups in total. The number of carbonyl (C=O) groups excluding carboxylic acids is 1. The van der Waals surface area contributed by atoms with Crippen LogP contribution in [0.25, 0.3) is 0 Å². The summed E-state index contributed by atoms with van der Waals surface area (Å²) in [5.41, 5.74) is 5.14. The number of rotatable bonds is 7. The number of nitrogen functional groups attached to an aromatic ring is 1. The third kappa shape index (κ3) is 4.24. The number of hydrogen-bond donors (Lipinski definition) is 2. The lowest BCUT2D eigenvalue weighted by Gasteiger charge is -2.13. The minimum atomic E-state index is -0.717. The molecule has 12 heteroatoms. The van der Waals surface area contributed by atoms with Crippen molar-refractivity contribution in [1.29, 1.82) is 0 Å². The average Bonchev–Trinajstić information content (AvgIpc) is 3.17. The summed E-state index contributed by atoms with van der Waals surface area (Å²) in [6.07, 6.45) is 0. The van der Waals surface area contributed by atoms with Crippen molar-refractivity contribution in [2.75, 3.05) is 18.2 Å². The van der Waals surface area contributed by atoms with Gasteiger partial charge in [0.25, 0.3) is 5.56 Å². The molecule has 0 fully saturated rings. The van der Waals surface area contributed by atoms with E-state index in [1.165, 1.54) is 25.4 Å². The van der Waals surface area contributed by atoms with Gasteiger partial charge in [-0.3, -0.25) is 18.7 Å². The van der Waals surface area contributed by atoms with Crippen molar-refractivity contribution in [3.63, 3.8) is 0 Å². The second-order valence-corrected chi connectivity index (χ2v) is 8.89. The number of methoxy groups -OCH3 is 1. The van der Waals surface area contributed by atoms with Crippen LogP contribution in [0.1, 0.15) is 17.3 Å². The van der Waals surface area contributed by atoms with E-state index in [-0.39, 0.29) is 11.4 Å². The molecule has 0 radical (unpaired) electrons. The first-order valence-corrected chi connectivity index (χ1v) is 10.4. The lowest BCUT2D eigenvalue weighted by Crippen LogP contribution is -2.42. The lowest BCUT2D eigenvalue weighted by molar-refractivity contribution is 0.0992. The molecule has 0 saturated carbocycles. The molecule has 2 heterocycles. The van der Waals surface area contributed by atoms with Crippen molar-refractivity contribution in [3.05, 3.63) is 50.7 Å². The first-order valence-electron chi connectivity index (χ1n) is 8.73. The summed E-state index contributed by atoms with van der Waals surface area (Å²) in [4.78, 5) is 37.2. The Labute approximate surface area is 179 Å². The number of nitrogens with zero attached hydrogens (tertiary/aromatic N) is 4. The number of thioether (sulfide) groups is 1. The first-order chi connectivity index (χ1) is 14.2. The fraction of sp³-hybridized carbons (Fsp3) is 0.278. The molecular weight excluding hydrogens is 428 g/mol. The molecule has 3 rings (SSSR count). The van der Waals surface area contributed by atoms with Crippen LogP contribution >= 0.6 is 23.1 Å². The van der Waals surface area contributed by atoms with Gasteiger partial charge in [-0.15, -0.1) is 10.2 Å². The Morgan fingerprint density at radius 2 is 2.00 bits per heavy atom. The van der Waals surface area contributed by atoms with Gasteiger partial charge in [-0.1, -0.05) is 29.2 Å². The Bertz CT molecular complexity index is 1220. The number of hydrogen-bond acceptors (Lipinski definition) is 10. The van der Waals surface area contributed by atoms with Gasteiger partial charge in [0.2, 0.25) is 5.13 Å². The van der Waals surface area contributed by atoms with Crippen molar-refractivity contribution < 1.29 is 9.53 Å². The number of aromatic nitrogens is 4. The van der Waals surface area contributed by atoms with Crippen molar-refractivity contribution in [1.82, 2.24) is 19.3 Å². The van der Waals surface area contributed by atoms with E-state index in [0.29, 0.717) is 15.2 Å². The molecule has 0 spiro atoms. The molecule has 30 heavy (non-hydrogen) atoms. The molecule has 1 unspecified atom stereocenters. The van der Waals surface area contributed by atoms with Crippen LogP contribution in [0, 0.1) is 0 Å². The molecule has 0 saturated heterocycles. The minimum Gasteiger partial charge on any atom is -0.497 e. The molecule has 0 aliphatic heterocycles. The van der Waals surface area contributed by atoms with Gasteiger partial charge in [0, 0.05) is 25.8 Å². The number of Topliss-reactive ketones (excluding diaryl/α,β-unsaturated/α-hetero) is 1. The summed E-state index contributed by atoms with van der Waals surface area (Å²) in [5.74, 6) is 0.0687. The molecule has 10 nitrogen and oxygen atoms in total. The van der Waals surface area contributed by atoms with Gasteiger partial charge >= 0.3 is 5.69 Å². The summed E-state index contributed by atoms with van der Waals surface area (Å²) >= 11 is 2.42. The highest BCUT2D eigenvalue weighted by atomic mass is 32.2. The zero-order chi connectivity index (χ0) is 22.0. The Balaban J connectivity index is 1.77. The van der Waals surface area contributed by atoms with E-state index in [2.05, 4.69) is 15.5 Å². The minimum absolute atomic E-state index is 0.154. The summed E-state index contributed by atoms with van der Waals surface area (Å²) in [5, 5.41) is 11.2. The molecule has 0 aliphatic carbocycles. The van der Waals surface area contributed by atoms with Gasteiger partial charge in [-0.25, -0.2) is 4.79 Å². The topological polar surface area (TPSA) is 134 Å². The third-order valence-electron chi connectivity index (χ3n) is 4.33. The molecule has 3 aromatic rings. The highest BCUT2D eigenvalue weighted by Gasteiger charge is 2.26. The highest BCUT2D eigenvalue weighted by Crippen LogP contribution is 2.32. The van der Waals surface area contributed by atoms with Gasteiger partial charge in [-0.2, -0.15) is 0 Å². The van der Waals surface area contributed by atoms with Crippen LogP contribution in [-0.4, -0.2) is 37.5 Å². The second kappa shape index (κ2) is 8.71. The Kier molecular flexibility index (Phi) is 6.27. The number of nitrogens with one attached hydrogen (secondary N) is 1. The largest absolute Gasteiger partial charge is 0.497 e. The van der Waals surface area contributed by atoms with E-state index in [0.717, 1.165) is 26.6 Å². The van der Waals surface area contributed by atoms with Gasteiger partial charge in [0.15, 0.2) is 10.1 Å². The zero-order valence-corrected chi connectivity index (χ0v) is 18.3. The molecule has 0 amide bonds. The van der Waals surface area contributed by atoms with Crippen molar-refractivity contribution in [2.45, 2.75) is 16.5 Å². The Morgan fingerprint density at radius 1 is 1.27 bits per heavy atom. The van der Waals surface area contributed by atoms with Crippen LogP contribution in [0.5, 0.6) is 5.75 Å². The van der Waals surface area contributed by atoms with Crippen molar-refractivity contribution in [2.24, 2.45) is 14.1 Å². The van der Waals surface area contributed by atoms with E-state index in [1.807, 2.05) is 24.3 Å². The predicted octanol–water partition coefficient (Wildman–Crippen LogP) is 1.63. The highest BCUT2D eigenvalue weighted by molar-refractivity contribution is 8.02. The lowest BCUT2D eigenvalue weighted by atomic mass is 10.1. The third-order valence-corrected chi connectivity index (χ3v) is 6.35. The average molecular weight is 449 g/mol. The number of ether oxygens (including phenoxy) is 1. The standard InChI is InChI=1S/C18H20N6O4S2/c1-9(13(25)12-14(19)23(2)18(27)24(3)15(12)26)29-17-22-21-16(30-17)20-10-6-5-7-11(8-10)28-4/h5-9H,19H2,1-4H3,(H,20,21). The molecule has 1 atom stereocenters. The number of anilines is 3. The molecular formula is C18H20N6O4S2. The Hall–Kier alpha value is -3.12. The predicted molar refractivity (Wildman–Crippen MR) is 117 cm³/mol. The normalized spacial score (nSPS) is 11.9. The number of nitrogens with two attached hydrogens (primary N) is 1.